The Morgan fingerprint density at radius 3 is 3.05 bits per heavy atom. The highest BCUT2D eigenvalue weighted by Crippen LogP contribution is 2.01. The second-order valence-electron chi connectivity index (χ2n) is 3.96. The van der Waals surface area contributed by atoms with Crippen LogP contribution in [0.25, 0.3) is 0 Å². The van der Waals surface area contributed by atoms with Crippen LogP contribution in [0.3, 0.4) is 0 Å². The molecule has 2 rings (SSSR count). The van der Waals surface area contributed by atoms with Gasteiger partial charge in [-0.2, -0.15) is 9.90 Å². The highest BCUT2D eigenvalue weighted by Gasteiger charge is 2.09. The molecule has 2 N–H and O–H groups in total. The average Bonchev–Trinajstić information content (AvgIpc) is 3.08. The number of nitrogens with zero attached hydrogens (tertiary/aromatic N) is 3. The molecule has 9 heteroatoms. The number of carbonyl (C=O) groups excluding carboxylic acids is 2. The van der Waals surface area contributed by atoms with Gasteiger partial charge in [0.25, 0.3) is 0 Å². The van der Waals surface area contributed by atoms with Crippen molar-refractivity contribution in [3.05, 3.63) is 30.4 Å². The van der Waals surface area contributed by atoms with E-state index in [1.165, 1.54) is 17.3 Å². The smallest absolute Gasteiger partial charge is 0.412 e. The molecule has 0 spiro atoms. The number of anilines is 1. The number of carbonyl (C=O) groups is 2. The van der Waals surface area contributed by atoms with E-state index in [4.69, 9.17) is 9.15 Å². The first-order valence-electron chi connectivity index (χ1n) is 6.30. The standard InChI is InChI=1S/C12H15N5O4/c1-2-20-12(19)15-10-7-14-17(16-10)8-11(18)13-6-9-4-3-5-21-9/h3-5,7H,2,6,8H2,1H3,(H,13,18)(H,15,16,19). The summed E-state index contributed by atoms with van der Waals surface area (Å²) in [5.74, 6) is 0.596. The summed E-state index contributed by atoms with van der Waals surface area (Å²) in [4.78, 5) is 24.0. The van der Waals surface area contributed by atoms with Crippen LogP contribution >= 0.6 is 0 Å². The Balaban J connectivity index is 1.78. The molecule has 2 aromatic rings. The van der Waals surface area contributed by atoms with Crippen molar-refractivity contribution in [1.29, 1.82) is 0 Å². The quantitative estimate of drug-likeness (QED) is 0.813. The fourth-order valence-corrected chi connectivity index (χ4v) is 1.49. The van der Waals surface area contributed by atoms with Crippen LogP contribution in [-0.4, -0.2) is 33.6 Å². The molecule has 0 atom stereocenters. The highest BCUT2D eigenvalue weighted by atomic mass is 16.5. The van der Waals surface area contributed by atoms with Crippen molar-refractivity contribution in [1.82, 2.24) is 20.3 Å². The van der Waals surface area contributed by atoms with Gasteiger partial charge in [-0.1, -0.05) is 0 Å². The molecular weight excluding hydrogens is 278 g/mol. The van der Waals surface area contributed by atoms with E-state index < -0.39 is 6.09 Å². The van der Waals surface area contributed by atoms with Crippen LogP contribution < -0.4 is 10.6 Å². The zero-order valence-electron chi connectivity index (χ0n) is 11.4. The number of amides is 2. The Hall–Kier alpha value is -2.84. The van der Waals surface area contributed by atoms with Gasteiger partial charge in [-0.25, -0.2) is 4.79 Å². The van der Waals surface area contributed by atoms with Gasteiger partial charge in [0, 0.05) is 0 Å². The molecule has 0 aromatic carbocycles. The van der Waals surface area contributed by atoms with Crippen molar-refractivity contribution >= 4 is 17.8 Å². The van der Waals surface area contributed by atoms with Crippen molar-refractivity contribution in [3.63, 3.8) is 0 Å². The first kappa shape index (κ1) is 14.6. The fourth-order valence-electron chi connectivity index (χ4n) is 1.49. The third-order valence-electron chi connectivity index (χ3n) is 2.37. The topological polar surface area (TPSA) is 111 Å². The molecule has 0 fully saturated rings. The highest BCUT2D eigenvalue weighted by molar-refractivity contribution is 5.83. The Bertz CT molecular complexity index is 593. The molecule has 0 unspecified atom stereocenters. The predicted octanol–water partition coefficient (Wildman–Crippen LogP) is 0.756. The van der Waals surface area contributed by atoms with Crippen LogP contribution in [0.1, 0.15) is 12.7 Å². The van der Waals surface area contributed by atoms with Crippen LogP contribution in [0, 0.1) is 0 Å². The van der Waals surface area contributed by atoms with Gasteiger partial charge in [0.1, 0.15) is 12.3 Å². The van der Waals surface area contributed by atoms with Crippen LogP contribution in [-0.2, 0) is 22.6 Å². The van der Waals surface area contributed by atoms with E-state index in [1.807, 2.05) is 0 Å². The molecule has 2 aromatic heterocycles. The Kier molecular flexibility index (Phi) is 4.91. The first-order chi connectivity index (χ1) is 10.2. The minimum Gasteiger partial charge on any atom is -0.467 e. The molecular formula is C12H15N5O4. The van der Waals surface area contributed by atoms with Gasteiger partial charge in [0.15, 0.2) is 5.82 Å². The molecule has 112 valence electrons. The van der Waals surface area contributed by atoms with Gasteiger partial charge < -0.3 is 14.5 Å². The van der Waals surface area contributed by atoms with Gasteiger partial charge in [-0.05, 0) is 19.1 Å². The fraction of sp³-hybridized carbons (Fsp3) is 0.333. The van der Waals surface area contributed by atoms with Gasteiger partial charge in [-0.3, -0.25) is 10.1 Å². The van der Waals surface area contributed by atoms with Crippen molar-refractivity contribution in [2.24, 2.45) is 0 Å². The van der Waals surface area contributed by atoms with Gasteiger partial charge in [-0.15, -0.1) is 5.10 Å². The lowest BCUT2D eigenvalue weighted by Gasteiger charge is -2.02. The number of hydrogen-bond donors (Lipinski definition) is 2. The number of furan rings is 1. The molecule has 21 heavy (non-hydrogen) atoms. The van der Waals surface area contributed by atoms with Crippen molar-refractivity contribution in [2.45, 2.75) is 20.0 Å². The summed E-state index contributed by atoms with van der Waals surface area (Å²) in [6.45, 7) is 2.18. The molecule has 2 heterocycles. The lowest BCUT2D eigenvalue weighted by Crippen LogP contribution is -2.27. The lowest BCUT2D eigenvalue weighted by atomic mass is 10.4. The summed E-state index contributed by atoms with van der Waals surface area (Å²) in [5, 5.41) is 12.8. The van der Waals surface area contributed by atoms with E-state index in [0.717, 1.165) is 0 Å². The van der Waals surface area contributed by atoms with Crippen LogP contribution in [0.15, 0.2) is 29.0 Å². The SMILES string of the molecule is CCOC(=O)Nc1cnn(CC(=O)NCc2ccco2)n1. The number of nitrogens with one attached hydrogen (secondary N) is 2. The lowest BCUT2D eigenvalue weighted by molar-refractivity contribution is -0.122. The average molecular weight is 293 g/mol. The molecule has 0 radical (unpaired) electrons. The summed E-state index contributed by atoms with van der Waals surface area (Å²) >= 11 is 0. The zero-order chi connectivity index (χ0) is 15.1. The van der Waals surface area contributed by atoms with E-state index in [-0.39, 0.29) is 24.9 Å². The third-order valence-corrected chi connectivity index (χ3v) is 2.37. The third kappa shape index (κ3) is 4.64. The maximum absolute atomic E-state index is 11.7. The molecule has 0 saturated carbocycles. The van der Waals surface area contributed by atoms with E-state index in [1.54, 1.807) is 19.1 Å². The summed E-state index contributed by atoms with van der Waals surface area (Å²) in [7, 11) is 0. The number of hydrogen-bond acceptors (Lipinski definition) is 6. The van der Waals surface area contributed by atoms with Gasteiger partial charge in [0.05, 0.1) is 25.6 Å². The molecule has 2 amide bonds. The van der Waals surface area contributed by atoms with Gasteiger partial charge in [0.2, 0.25) is 5.91 Å². The van der Waals surface area contributed by atoms with Gasteiger partial charge >= 0.3 is 6.09 Å². The predicted molar refractivity (Wildman–Crippen MR) is 71.2 cm³/mol. The van der Waals surface area contributed by atoms with Crippen LogP contribution in [0.2, 0.25) is 0 Å². The molecule has 0 saturated heterocycles. The number of rotatable bonds is 6. The Labute approximate surface area is 120 Å². The van der Waals surface area contributed by atoms with Crippen molar-refractivity contribution in [3.8, 4) is 0 Å². The summed E-state index contributed by atoms with van der Waals surface area (Å²) < 4.78 is 9.79. The molecule has 0 aliphatic heterocycles. The van der Waals surface area contributed by atoms with Crippen molar-refractivity contribution < 1.29 is 18.7 Å². The Morgan fingerprint density at radius 2 is 2.33 bits per heavy atom. The zero-order valence-corrected chi connectivity index (χ0v) is 11.4. The van der Waals surface area contributed by atoms with E-state index >= 15 is 0 Å². The van der Waals surface area contributed by atoms with E-state index in [2.05, 4.69) is 20.8 Å². The first-order valence-corrected chi connectivity index (χ1v) is 6.30. The summed E-state index contributed by atoms with van der Waals surface area (Å²) in [6.07, 6.45) is 2.24. The molecule has 0 aliphatic carbocycles. The molecule has 0 aliphatic rings. The minimum atomic E-state index is -0.619. The summed E-state index contributed by atoms with van der Waals surface area (Å²) in [6, 6.07) is 3.50. The Morgan fingerprint density at radius 1 is 1.48 bits per heavy atom. The second kappa shape index (κ2) is 7.08. The summed E-state index contributed by atoms with van der Waals surface area (Å²) in [5.41, 5.74) is 0. The normalized spacial score (nSPS) is 10.1. The van der Waals surface area contributed by atoms with Crippen LogP contribution in [0.4, 0.5) is 10.6 Å². The number of aromatic nitrogens is 3. The van der Waals surface area contributed by atoms with Crippen LogP contribution in [0.5, 0.6) is 0 Å². The monoisotopic (exact) mass is 293 g/mol. The molecule has 0 bridgehead atoms. The maximum Gasteiger partial charge on any atom is 0.412 e. The largest absolute Gasteiger partial charge is 0.467 e. The van der Waals surface area contributed by atoms with E-state index in [9.17, 15) is 9.59 Å². The second-order valence-corrected chi connectivity index (χ2v) is 3.96. The molecule has 9 nitrogen and oxygen atoms in total. The number of ether oxygens (including phenoxy) is 1. The minimum absolute atomic E-state index is 0.0643. The maximum atomic E-state index is 11.7. The van der Waals surface area contributed by atoms with E-state index in [0.29, 0.717) is 12.3 Å². The van der Waals surface area contributed by atoms with Crippen molar-refractivity contribution in [2.75, 3.05) is 11.9 Å².